The van der Waals surface area contributed by atoms with E-state index < -0.39 is 35.5 Å². The average molecular weight is 503 g/mol. The van der Waals surface area contributed by atoms with Gasteiger partial charge in [0.25, 0.3) is 0 Å². The highest BCUT2D eigenvalue weighted by molar-refractivity contribution is 5.96. The van der Waals surface area contributed by atoms with Crippen molar-refractivity contribution >= 4 is 29.5 Å². The second-order valence-corrected chi connectivity index (χ2v) is 11.5. The molecule has 0 unspecified atom stereocenters. The van der Waals surface area contributed by atoms with E-state index in [4.69, 9.17) is 14.2 Å². The van der Waals surface area contributed by atoms with Crippen molar-refractivity contribution in [3.8, 4) is 0 Å². The molecule has 0 aromatic heterocycles. The van der Waals surface area contributed by atoms with Crippen molar-refractivity contribution in [3.05, 3.63) is 11.6 Å². The Bertz CT molecular complexity index is 998. The number of Topliss-reactive ketones (excluding diaryl/α,β-unsaturated/α-hetero) is 2. The van der Waals surface area contributed by atoms with E-state index in [0.29, 0.717) is 25.7 Å². The first-order chi connectivity index (χ1) is 17.0. The van der Waals surface area contributed by atoms with Crippen LogP contribution in [-0.4, -0.2) is 48.3 Å². The van der Waals surface area contributed by atoms with E-state index >= 15 is 0 Å². The lowest BCUT2D eigenvalue weighted by Crippen LogP contribution is -2.62. The monoisotopic (exact) mass is 502 g/mol. The fraction of sp³-hybridized carbons (Fsp3) is 0.750. The molecule has 0 spiro atoms. The van der Waals surface area contributed by atoms with Gasteiger partial charge in [0.1, 0.15) is 5.78 Å². The molecule has 0 heterocycles. The van der Waals surface area contributed by atoms with Gasteiger partial charge in [-0.05, 0) is 61.9 Å². The van der Waals surface area contributed by atoms with Gasteiger partial charge in [0.15, 0.2) is 18.0 Å². The van der Waals surface area contributed by atoms with Crippen molar-refractivity contribution in [3.63, 3.8) is 0 Å². The predicted octanol–water partition coefficient (Wildman–Crippen LogP) is 4.52. The number of carbonyl (C=O) groups is 5. The maximum absolute atomic E-state index is 13.9. The number of hydrogen-bond donors (Lipinski definition) is 0. The Labute approximate surface area is 212 Å². The summed E-state index contributed by atoms with van der Waals surface area (Å²) in [5, 5.41) is 0. The number of hydrogen-bond acceptors (Lipinski definition) is 8. The van der Waals surface area contributed by atoms with Gasteiger partial charge in [-0.3, -0.25) is 19.2 Å². The van der Waals surface area contributed by atoms with Gasteiger partial charge in [0, 0.05) is 31.1 Å². The minimum atomic E-state index is -1.60. The number of unbranched alkanes of at least 4 members (excludes halogenated alkanes) is 1. The zero-order chi connectivity index (χ0) is 26.3. The average Bonchev–Trinajstić information content (AvgIpc) is 3.10. The minimum Gasteiger partial charge on any atom is -0.458 e. The van der Waals surface area contributed by atoms with Gasteiger partial charge in [-0.2, -0.15) is 0 Å². The summed E-state index contributed by atoms with van der Waals surface area (Å²) in [4.78, 5) is 63.9. The lowest BCUT2D eigenvalue weighted by atomic mass is 9.46. The summed E-state index contributed by atoms with van der Waals surface area (Å²) in [5.74, 6) is -1.16. The maximum Gasteiger partial charge on any atom is 0.509 e. The SMILES string of the molecule is CCCCOC(=O)O[C@]1(C(=O)COC(C)=O)CC[C@H]2[C@@H]3CCC4=CC(=O)CC[C@]4(C)[C@H]3C(=O)C[C@@]21C. The summed E-state index contributed by atoms with van der Waals surface area (Å²) >= 11 is 0. The molecule has 3 saturated carbocycles. The van der Waals surface area contributed by atoms with E-state index in [0.717, 1.165) is 24.8 Å². The third-order valence-corrected chi connectivity index (χ3v) is 9.61. The highest BCUT2D eigenvalue weighted by Gasteiger charge is 2.71. The van der Waals surface area contributed by atoms with Gasteiger partial charge in [0.2, 0.25) is 5.78 Å². The molecule has 0 saturated heterocycles. The van der Waals surface area contributed by atoms with E-state index in [1.165, 1.54) is 6.92 Å². The molecule has 8 heteroatoms. The molecular formula is C28H38O8. The Hall–Kier alpha value is -2.51. The van der Waals surface area contributed by atoms with Gasteiger partial charge in [-0.25, -0.2) is 4.79 Å². The summed E-state index contributed by atoms with van der Waals surface area (Å²) in [6.45, 7) is 6.84. The number of ether oxygens (including phenoxy) is 3. The topological polar surface area (TPSA) is 113 Å². The summed E-state index contributed by atoms with van der Waals surface area (Å²) in [6, 6.07) is 0. The van der Waals surface area contributed by atoms with Gasteiger partial charge in [-0.15, -0.1) is 0 Å². The molecule has 4 aliphatic rings. The van der Waals surface area contributed by atoms with Crippen LogP contribution >= 0.6 is 0 Å². The van der Waals surface area contributed by atoms with Gasteiger partial charge < -0.3 is 14.2 Å². The van der Waals surface area contributed by atoms with Crippen molar-refractivity contribution < 1.29 is 38.2 Å². The molecule has 4 rings (SSSR count). The van der Waals surface area contributed by atoms with Crippen LogP contribution in [0.2, 0.25) is 0 Å². The number of ketones is 3. The zero-order valence-electron chi connectivity index (χ0n) is 21.9. The molecule has 198 valence electrons. The first-order valence-corrected chi connectivity index (χ1v) is 13.3. The molecule has 0 radical (unpaired) electrons. The van der Waals surface area contributed by atoms with Crippen molar-refractivity contribution in [2.75, 3.05) is 13.2 Å². The molecule has 36 heavy (non-hydrogen) atoms. The Morgan fingerprint density at radius 3 is 2.50 bits per heavy atom. The van der Waals surface area contributed by atoms with Crippen LogP contribution in [0, 0.1) is 28.6 Å². The fourth-order valence-electron chi connectivity index (χ4n) is 7.81. The van der Waals surface area contributed by atoms with E-state index in [1.54, 1.807) is 6.08 Å². The summed E-state index contributed by atoms with van der Waals surface area (Å²) in [5.41, 5.74) is -1.82. The van der Waals surface area contributed by atoms with Gasteiger partial charge >= 0.3 is 12.1 Å². The lowest BCUT2D eigenvalue weighted by molar-refractivity contribution is -0.177. The Balaban J connectivity index is 1.68. The van der Waals surface area contributed by atoms with E-state index in [1.807, 2.05) is 13.8 Å². The van der Waals surface area contributed by atoms with Crippen molar-refractivity contribution in [1.82, 2.24) is 0 Å². The molecule has 0 aliphatic heterocycles. The molecule has 0 aromatic carbocycles. The van der Waals surface area contributed by atoms with E-state index in [2.05, 4.69) is 6.92 Å². The molecule has 0 aromatic rings. The smallest absolute Gasteiger partial charge is 0.458 e. The molecule has 0 bridgehead atoms. The third kappa shape index (κ3) is 4.20. The third-order valence-electron chi connectivity index (χ3n) is 9.61. The summed E-state index contributed by atoms with van der Waals surface area (Å²) in [7, 11) is 0. The van der Waals surface area contributed by atoms with Crippen LogP contribution in [0.5, 0.6) is 0 Å². The number of allylic oxidation sites excluding steroid dienone is 1. The van der Waals surface area contributed by atoms with Crippen LogP contribution in [0.25, 0.3) is 0 Å². The van der Waals surface area contributed by atoms with Crippen molar-refractivity contribution in [1.29, 1.82) is 0 Å². The van der Waals surface area contributed by atoms with Crippen molar-refractivity contribution in [2.24, 2.45) is 28.6 Å². The molecule has 8 nitrogen and oxygen atoms in total. The zero-order valence-corrected chi connectivity index (χ0v) is 21.9. The number of carbonyl (C=O) groups excluding carboxylic acids is 5. The van der Waals surface area contributed by atoms with Gasteiger partial charge in [0.05, 0.1) is 6.61 Å². The van der Waals surface area contributed by atoms with Crippen LogP contribution in [0.3, 0.4) is 0 Å². The second kappa shape index (κ2) is 9.75. The van der Waals surface area contributed by atoms with Gasteiger partial charge in [-0.1, -0.05) is 32.8 Å². The standard InChI is InChI=1S/C28H38O8/c1-5-6-13-34-25(33)36-28(23(32)16-35-17(2)29)12-10-21-20-8-7-18-14-19(30)9-11-26(18,3)24(20)22(31)15-27(21,28)4/h14,20-21,24H,5-13,15-16H2,1-4H3/t20-,21-,24+,26-,27-,28-/m0/s1. The molecule has 0 amide bonds. The fourth-order valence-corrected chi connectivity index (χ4v) is 7.81. The van der Waals surface area contributed by atoms with Crippen LogP contribution in [0.1, 0.15) is 85.5 Å². The number of esters is 1. The Kier molecular flexibility index (Phi) is 7.19. The number of fused-ring (bicyclic) bond motifs is 5. The van der Waals surface area contributed by atoms with Crippen LogP contribution in [0.15, 0.2) is 11.6 Å². The molecule has 6 atom stereocenters. The van der Waals surface area contributed by atoms with E-state index in [9.17, 15) is 24.0 Å². The highest BCUT2D eigenvalue weighted by atomic mass is 16.7. The first kappa shape index (κ1) is 26.6. The van der Waals surface area contributed by atoms with Crippen LogP contribution in [-0.2, 0) is 33.4 Å². The maximum atomic E-state index is 13.9. The predicted molar refractivity (Wildman–Crippen MR) is 129 cm³/mol. The molecule has 4 aliphatic carbocycles. The molecule has 3 fully saturated rings. The first-order valence-electron chi connectivity index (χ1n) is 13.3. The van der Waals surface area contributed by atoms with Crippen molar-refractivity contribution in [2.45, 2.75) is 91.1 Å². The lowest BCUT2D eigenvalue weighted by Gasteiger charge is -2.57. The summed E-state index contributed by atoms with van der Waals surface area (Å²) in [6.07, 6.45) is 5.88. The normalized spacial score (nSPS) is 37.2. The van der Waals surface area contributed by atoms with Crippen LogP contribution in [0.4, 0.5) is 4.79 Å². The van der Waals surface area contributed by atoms with E-state index in [-0.39, 0.29) is 54.2 Å². The second-order valence-electron chi connectivity index (χ2n) is 11.5. The quantitative estimate of drug-likeness (QED) is 0.369. The minimum absolute atomic E-state index is 0.0229. The number of rotatable bonds is 7. The molecular weight excluding hydrogens is 464 g/mol. The molecule has 0 N–H and O–H groups in total. The Morgan fingerprint density at radius 2 is 1.81 bits per heavy atom. The highest BCUT2D eigenvalue weighted by Crippen LogP contribution is 2.67. The summed E-state index contributed by atoms with van der Waals surface area (Å²) < 4.78 is 16.2. The largest absolute Gasteiger partial charge is 0.509 e. The Morgan fingerprint density at radius 1 is 1.06 bits per heavy atom. The van der Waals surface area contributed by atoms with Crippen LogP contribution < -0.4 is 0 Å².